The number of rotatable bonds is 4. The molecule has 0 aliphatic carbocycles. The number of hydrogen-bond acceptors (Lipinski definition) is 2. The SMILES string of the molecule is CCCn1c(C2CC(CC)CCN2)nc2cc(Br)ccc21. The summed E-state index contributed by atoms with van der Waals surface area (Å²) in [4.78, 5) is 4.95. The van der Waals surface area contributed by atoms with Gasteiger partial charge in [0.1, 0.15) is 5.82 Å². The zero-order valence-electron chi connectivity index (χ0n) is 12.9. The second-order valence-electron chi connectivity index (χ2n) is 6.06. The first kappa shape index (κ1) is 15.0. The average Bonchev–Trinajstić information content (AvgIpc) is 2.85. The lowest BCUT2D eigenvalue weighted by Crippen LogP contribution is -2.33. The third kappa shape index (κ3) is 3.02. The highest BCUT2D eigenvalue weighted by atomic mass is 79.9. The fourth-order valence-corrected chi connectivity index (χ4v) is 3.76. The van der Waals surface area contributed by atoms with Gasteiger partial charge in [0, 0.05) is 11.0 Å². The number of halogens is 1. The smallest absolute Gasteiger partial charge is 0.127 e. The van der Waals surface area contributed by atoms with E-state index >= 15 is 0 Å². The molecule has 1 fully saturated rings. The molecule has 2 unspecified atom stereocenters. The summed E-state index contributed by atoms with van der Waals surface area (Å²) >= 11 is 3.56. The van der Waals surface area contributed by atoms with Crippen LogP contribution >= 0.6 is 15.9 Å². The fourth-order valence-electron chi connectivity index (χ4n) is 3.41. The van der Waals surface area contributed by atoms with Gasteiger partial charge in [-0.15, -0.1) is 0 Å². The van der Waals surface area contributed by atoms with Crippen LogP contribution in [0, 0.1) is 5.92 Å². The van der Waals surface area contributed by atoms with Crippen molar-refractivity contribution in [1.29, 1.82) is 0 Å². The molecule has 2 aromatic rings. The van der Waals surface area contributed by atoms with E-state index in [1.165, 1.54) is 30.6 Å². The maximum Gasteiger partial charge on any atom is 0.127 e. The normalized spacial score (nSPS) is 22.8. The Morgan fingerprint density at radius 1 is 1.38 bits per heavy atom. The summed E-state index contributed by atoms with van der Waals surface area (Å²) < 4.78 is 3.52. The molecule has 3 rings (SSSR count). The number of hydrogen-bond donors (Lipinski definition) is 1. The van der Waals surface area contributed by atoms with Gasteiger partial charge in [-0.25, -0.2) is 4.98 Å². The molecule has 2 heterocycles. The highest BCUT2D eigenvalue weighted by Crippen LogP contribution is 2.31. The predicted octanol–water partition coefficient (Wildman–Crippen LogP) is 4.66. The van der Waals surface area contributed by atoms with E-state index in [0.717, 1.165) is 35.4 Å². The molecular formula is C17H24BrN3. The van der Waals surface area contributed by atoms with E-state index in [1.54, 1.807) is 0 Å². The first-order valence-corrected chi connectivity index (χ1v) is 8.91. The quantitative estimate of drug-likeness (QED) is 0.869. The summed E-state index contributed by atoms with van der Waals surface area (Å²) in [6.45, 7) is 6.70. The highest BCUT2D eigenvalue weighted by molar-refractivity contribution is 9.10. The van der Waals surface area contributed by atoms with Gasteiger partial charge in [-0.05, 0) is 49.9 Å². The Hall–Kier alpha value is -0.870. The minimum absolute atomic E-state index is 0.404. The van der Waals surface area contributed by atoms with E-state index in [4.69, 9.17) is 4.98 Å². The summed E-state index contributed by atoms with van der Waals surface area (Å²) in [7, 11) is 0. The van der Waals surface area contributed by atoms with Crippen LogP contribution in [0.25, 0.3) is 11.0 Å². The van der Waals surface area contributed by atoms with Crippen LogP contribution in [-0.2, 0) is 6.54 Å². The maximum absolute atomic E-state index is 4.95. The molecule has 1 aliphatic rings. The molecule has 2 atom stereocenters. The average molecular weight is 350 g/mol. The van der Waals surface area contributed by atoms with E-state index in [9.17, 15) is 0 Å². The number of piperidine rings is 1. The van der Waals surface area contributed by atoms with Crippen molar-refractivity contribution in [2.24, 2.45) is 5.92 Å². The molecule has 3 nitrogen and oxygen atoms in total. The monoisotopic (exact) mass is 349 g/mol. The zero-order valence-corrected chi connectivity index (χ0v) is 14.5. The summed E-state index contributed by atoms with van der Waals surface area (Å²) in [6, 6.07) is 6.83. The largest absolute Gasteiger partial charge is 0.327 e. The molecule has 0 amide bonds. The molecule has 1 N–H and O–H groups in total. The van der Waals surface area contributed by atoms with Crippen LogP contribution in [0.2, 0.25) is 0 Å². The Kier molecular flexibility index (Phi) is 4.65. The number of nitrogens with zero attached hydrogens (tertiary/aromatic N) is 2. The number of aryl methyl sites for hydroxylation is 1. The van der Waals surface area contributed by atoms with Gasteiger partial charge in [0.15, 0.2) is 0 Å². The van der Waals surface area contributed by atoms with Crippen LogP contribution in [0.3, 0.4) is 0 Å². The fraction of sp³-hybridized carbons (Fsp3) is 0.588. The molecule has 0 bridgehead atoms. The van der Waals surface area contributed by atoms with Crippen LogP contribution in [0.5, 0.6) is 0 Å². The van der Waals surface area contributed by atoms with Crippen molar-refractivity contribution in [1.82, 2.24) is 14.9 Å². The third-order valence-electron chi connectivity index (χ3n) is 4.59. The Balaban J connectivity index is 2.01. The van der Waals surface area contributed by atoms with Gasteiger partial charge in [0.05, 0.1) is 17.1 Å². The molecule has 1 aliphatic heterocycles. The standard InChI is InChI=1S/C17H24BrN3/c1-3-9-21-16-6-5-13(18)11-14(16)20-17(21)15-10-12(4-2)7-8-19-15/h5-6,11-12,15,19H,3-4,7-10H2,1-2H3. The van der Waals surface area contributed by atoms with E-state index in [0.29, 0.717) is 6.04 Å². The summed E-state index contributed by atoms with van der Waals surface area (Å²) in [6.07, 6.45) is 4.92. The van der Waals surface area contributed by atoms with Crippen molar-refractivity contribution in [3.05, 3.63) is 28.5 Å². The van der Waals surface area contributed by atoms with Gasteiger partial charge in [-0.3, -0.25) is 0 Å². The van der Waals surface area contributed by atoms with Crippen LogP contribution in [0.15, 0.2) is 22.7 Å². The predicted molar refractivity (Wildman–Crippen MR) is 91.5 cm³/mol. The first-order valence-electron chi connectivity index (χ1n) is 8.12. The van der Waals surface area contributed by atoms with E-state index in [-0.39, 0.29) is 0 Å². The number of benzene rings is 1. The first-order chi connectivity index (χ1) is 10.2. The third-order valence-corrected chi connectivity index (χ3v) is 5.08. The minimum Gasteiger partial charge on any atom is -0.327 e. The lowest BCUT2D eigenvalue weighted by molar-refractivity contribution is 0.286. The highest BCUT2D eigenvalue weighted by Gasteiger charge is 2.26. The van der Waals surface area contributed by atoms with E-state index < -0.39 is 0 Å². The number of aromatic nitrogens is 2. The molecule has 0 spiro atoms. The van der Waals surface area contributed by atoms with Gasteiger partial charge in [0.25, 0.3) is 0 Å². The second-order valence-corrected chi connectivity index (χ2v) is 6.98. The minimum atomic E-state index is 0.404. The van der Waals surface area contributed by atoms with Gasteiger partial charge in [-0.1, -0.05) is 36.2 Å². The van der Waals surface area contributed by atoms with Crippen LogP contribution in [-0.4, -0.2) is 16.1 Å². The van der Waals surface area contributed by atoms with Crippen molar-refractivity contribution in [3.8, 4) is 0 Å². The maximum atomic E-state index is 4.95. The van der Waals surface area contributed by atoms with Crippen molar-refractivity contribution in [2.75, 3.05) is 6.54 Å². The number of imidazole rings is 1. The summed E-state index contributed by atoms with van der Waals surface area (Å²) in [5.41, 5.74) is 2.36. The number of nitrogens with one attached hydrogen (secondary N) is 1. The molecule has 114 valence electrons. The van der Waals surface area contributed by atoms with Crippen LogP contribution in [0.1, 0.15) is 51.4 Å². The molecule has 4 heteroatoms. The van der Waals surface area contributed by atoms with E-state index in [1.807, 2.05) is 0 Å². The van der Waals surface area contributed by atoms with Crippen molar-refractivity contribution in [2.45, 2.75) is 52.1 Å². The number of fused-ring (bicyclic) bond motifs is 1. The van der Waals surface area contributed by atoms with Crippen molar-refractivity contribution in [3.63, 3.8) is 0 Å². The summed E-state index contributed by atoms with van der Waals surface area (Å²) in [5.74, 6) is 2.06. The van der Waals surface area contributed by atoms with Gasteiger partial charge in [0.2, 0.25) is 0 Å². The Morgan fingerprint density at radius 3 is 3.00 bits per heavy atom. The molecule has 1 aromatic carbocycles. The lowest BCUT2D eigenvalue weighted by Gasteiger charge is -2.29. The van der Waals surface area contributed by atoms with E-state index in [2.05, 4.69) is 57.9 Å². The van der Waals surface area contributed by atoms with Gasteiger partial charge < -0.3 is 9.88 Å². The zero-order chi connectivity index (χ0) is 14.8. The second kappa shape index (κ2) is 6.49. The molecule has 21 heavy (non-hydrogen) atoms. The van der Waals surface area contributed by atoms with Crippen molar-refractivity contribution >= 4 is 27.0 Å². The lowest BCUT2D eigenvalue weighted by atomic mass is 9.90. The Bertz CT molecular complexity index is 620. The Labute approximate surface area is 135 Å². The van der Waals surface area contributed by atoms with Crippen molar-refractivity contribution < 1.29 is 0 Å². The van der Waals surface area contributed by atoms with Crippen LogP contribution in [0.4, 0.5) is 0 Å². The molecular weight excluding hydrogens is 326 g/mol. The van der Waals surface area contributed by atoms with Gasteiger partial charge >= 0.3 is 0 Å². The molecule has 0 radical (unpaired) electrons. The molecule has 1 aromatic heterocycles. The molecule has 0 saturated carbocycles. The topological polar surface area (TPSA) is 29.9 Å². The summed E-state index contributed by atoms with van der Waals surface area (Å²) in [5, 5.41) is 3.68. The molecule has 1 saturated heterocycles. The Morgan fingerprint density at radius 2 is 2.24 bits per heavy atom. The van der Waals surface area contributed by atoms with Gasteiger partial charge in [-0.2, -0.15) is 0 Å². The van der Waals surface area contributed by atoms with Crippen LogP contribution < -0.4 is 5.32 Å².